The summed E-state index contributed by atoms with van der Waals surface area (Å²) in [5.41, 5.74) is 2.13. The van der Waals surface area contributed by atoms with E-state index >= 15 is 0 Å². The number of fused-ring (bicyclic) bond motifs is 1. The van der Waals surface area contributed by atoms with Crippen molar-refractivity contribution < 1.29 is 22.7 Å². The largest absolute Gasteiger partial charge is 0.497 e. The molecular weight excluding hydrogens is 508 g/mol. The van der Waals surface area contributed by atoms with E-state index in [1.807, 2.05) is 6.07 Å². The van der Waals surface area contributed by atoms with Gasteiger partial charge in [0, 0.05) is 29.6 Å². The first-order valence-electron chi connectivity index (χ1n) is 11.5. The summed E-state index contributed by atoms with van der Waals surface area (Å²) in [6.45, 7) is 0.206. The summed E-state index contributed by atoms with van der Waals surface area (Å²) in [5.74, 6) is 1.07. The number of ether oxygens (including phenoxy) is 2. The number of carbonyl (C=O) groups excluding carboxylic acids is 1. The van der Waals surface area contributed by atoms with E-state index in [1.54, 1.807) is 55.4 Å². The molecule has 0 aliphatic carbocycles. The molecule has 0 saturated heterocycles. The molecule has 1 amide bonds. The highest BCUT2D eigenvalue weighted by atomic mass is 32.2. The number of aromatic nitrogens is 2. The van der Waals surface area contributed by atoms with Crippen molar-refractivity contribution in [3.8, 4) is 11.5 Å². The first-order chi connectivity index (χ1) is 18.2. The molecule has 0 bridgehead atoms. The standard InChI is InChI=1S/C26H28N6O5S/c1-32(2)16-24(33)27-17-9-11-21(12-10-17)38(34,35)31-26-25(29-22-7-5-6-8-23(22)30-26)28-18-13-19(36-3)15-20(14-18)37-4/h5-15H,16H2,1-4H3,(H,27,33)(H,28,29)(H,30,31). The normalized spacial score (nSPS) is 11.3. The van der Waals surface area contributed by atoms with E-state index in [0.29, 0.717) is 33.9 Å². The highest BCUT2D eigenvalue weighted by Gasteiger charge is 2.20. The quantitative estimate of drug-likeness (QED) is 0.277. The zero-order valence-corrected chi connectivity index (χ0v) is 22.2. The van der Waals surface area contributed by atoms with Gasteiger partial charge in [-0.2, -0.15) is 0 Å². The van der Waals surface area contributed by atoms with Gasteiger partial charge in [-0.05, 0) is 50.5 Å². The van der Waals surface area contributed by atoms with Gasteiger partial charge in [-0.3, -0.25) is 9.52 Å². The predicted octanol–water partition coefficient (Wildman–Crippen LogP) is 3.69. The molecule has 1 aromatic heterocycles. The van der Waals surface area contributed by atoms with E-state index in [9.17, 15) is 13.2 Å². The van der Waals surface area contributed by atoms with Gasteiger partial charge in [0.05, 0.1) is 36.7 Å². The Morgan fingerprint density at radius 2 is 1.42 bits per heavy atom. The van der Waals surface area contributed by atoms with Crippen molar-refractivity contribution in [2.24, 2.45) is 0 Å². The van der Waals surface area contributed by atoms with Crippen molar-refractivity contribution in [2.45, 2.75) is 4.90 Å². The molecule has 4 rings (SSSR count). The van der Waals surface area contributed by atoms with Crippen molar-refractivity contribution in [3.63, 3.8) is 0 Å². The van der Waals surface area contributed by atoms with Gasteiger partial charge in [0.15, 0.2) is 11.6 Å². The lowest BCUT2D eigenvalue weighted by Crippen LogP contribution is -2.27. The predicted molar refractivity (Wildman–Crippen MR) is 147 cm³/mol. The lowest BCUT2D eigenvalue weighted by molar-refractivity contribution is -0.116. The third kappa shape index (κ3) is 6.47. The van der Waals surface area contributed by atoms with E-state index in [1.165, 1.54) is 38.5 Å². The van der Waals surface area contributed by atoms with Gasteiger partial charge in [0.1, 0.15) is 11.5 Å². The van der Waals surface area contributed by atoms with Crippen LogP contribution in [0.15, 0.2) is 71.6 Å². The minimum absolute atomic E-state index is 0.00735. The molecule has 0 fully saturated rings. The number of anilines is 4. The minimum atomic E-state index is -4.05. The van der Waals surface area contributed by atoms with Gasteiger partial charge >= 0.3 is 0 Å². The van der Waals surface area contributed by atoms with Crippen LogP contribution in [-0.2, 0) is 14.8 Å². The maximum atomic E-state index is 13.3. The number of likely N-dealkylation sites (N-methyl/N-ethyl adjacent to an activating group) is 1. The van der Waals surface area contributed by atoms with Crippen molar-refractivity contribution in [2.75, 3.05) is 50.2 Å². The van der Waals surface area contributed by atoms with Gasteiger partial charge in [-0.25, -0.2) is 18.4 Å². The van der Waals surface area contributed by atoms with Gasteiger partial charge < -0.3 is 25.0 Å². The number of methoxy groups -OCH3 is 2. The van der Waals surface area contributed by atoms with Crippen LogP contribution < -0.4 is 24.8 Å². The third-order valence-corrected chi connectivity index (χ3v) is 6.68. The van der Waals surface area contributed by atoms with Crippen molar-refractivity contribution in [1.82, 2.24) is 14.9 Å². The smallest absolute Gasteiger partial charge is 0.263 e. The molecule has 3 aromatic carbocycles. The second-order valence-corrected chi connectivity index (χ2v) is 10.2. The number of hydrogen-bond acceptors (Lipinski definition) is 9. The first-order valence-corrected chi connectivity index (χ1v) is 13.0. The molecule has 11 nitrogen and oxygen atoms in total. The Morgan fingerprint density at radius 3 is 1.97 bits per heavy atom. The second kappa shape index (κ2) is 11.3. The number of rotatable bonds is 10. The average molecular weight is 537 g/mol. The molecule has 0 unspecified atom stereocenters. The summed E-state index contributed by atoms with van der Waals surface area (Å²) in [7, 11) is 2.58. The molecule has 12 heteroatoms. The number of para-hydroxylation sites is 2. The van der Waals surface area contributed by atoms with Crippen LogP contribution in [0.1, 0.15) is 0 Å². The molecule has 0 atom stereocenters. The topological polar surface area (TPSA) is 135 Å². The number of nitrogens with zero attached hydrogens (tertiary/aromatic N) is 3. The Morgan fingerprint density at radius 1 is 0.842 bits per heavy atom. The number of benzene rings is 3. The number of hydrogen-bond donors (Lipinski definition) is 3. The summed E-state index contributed by atoms with van der Waals surface area (Å²) in [6.07, 6.45) is 0. The number of nitrogens with one attached hydrogen (secondary N) is 3. The van der Waals surface area contributed by atoms with E-state index in [4.69, 9.17) is 9.47 Å². The van der Waals surface area contributed by atoms with Crippen LogP contribution in [0.2, 0.25) is 0 Å². The number of amides is 1. The fourth-order valence-corrected chi connectivity index (χ4v) is 4.58. The van der Waals surface area contributed by atoms with Crippen LogP contribution in [0.4, 0.5) is 23.0 Å². The molecule has 1 heterocycles. The Balaban J connectivity index is 1.65. The lowest BCUT2D eigenvalue weighted by atomic mass is 10.2. The van der Waals surface area contributed by atoms with Crippen molar-refractivity contribution in [3.05, 3.63) is 66.7 Å². The van der Waals surface area contributed by atoms with Crippen LogP contribution in [0, 0.1) is 0 Å². The second-order valence-electron chi connectivity index (χ2n) is 8.55. The van der Waals surface area contributed by atoms with E-state index in [2.05, 4.69) is 25.3 Å². The zero-order chi connectivity index (χ0) is 27.3. The molecule has 0 spiro atoms. The SMILES string of the molecule is COc1cc(Nc2nc3ccccc3nc2NS(=O)(=O)c2ccc(NC(=O)CN(C)C)cc2)cc(OC)c1. The fraction of sp³-hybridized carbons (Fsp3) is 0.192. The summed E-state index contributed by atoms with van der Waals surface area (Å²) < 4.78 is 39.8. The van der Waals surface area contributed by atoms with Crippen LogP contribution >= 0.6 is 0 Å². The first kappa shape index (κ1) is 26.6. The number of sulfonamides is 1. The van der Waals surface area contributed by atoms with Crippen LogP contribution in [0.5, 0.6) is 11.5 Å². The van der Waals surface area contributed by atoms with Crippen LogP contribution in [-0.4, -0.2) is 64.1 Å². The molecular formula is C26H28N6O5S. The molecule has 0 aliphatic heterocycles. The van der Waals surface area contributed by atoms with Gasteiger partial charge in [0.2, 0.25) is 5.91 Å². The molecule has 0 saturated carbocycles. The zero-order valence-electron chi connectivity index (χ0n) is 21.3. The number of carbonyl (C=O) groups is 1. The van der Waals surface area contributed by atoms with Crippen molar-refractivity contribution in [1.29, 1.82) is 0 Å². The minimum Gasteiger partial charge on any atom is -0.497 e. The summed E-state index contributed by atoms with van der Waals surface area (Å²) in [6, 6.07) is 18.1. The van der Waals surface area contributed by atoms with Crippen LogP contribution in [0.3, 0.4) is 0 Å². The summed E-state index contributed by atoms with van der Waals surface area (Å²) >= 11 is 0. The maximum Gasteiger partial charge on any atom is 0.263 e. The molecule has 4 aromatic rings. The Kier molecular flexibility index (Phi) is 7.93. The lowest BCUT2D eigenvalue weighted by Gasteiger charge is -2.15. The Bertz CT molecular complexity index is 1540. The molecule has 38 heavy (non-hydrogen) atoms. The van der Waals surface area contributed by atoms with Gasteiger partial charge in [-0.1, -0.05) is 12.1 Å². The van der Waals surface area contributed by atoms with E-state index in [0.717, 1.165) is 0 Å². The van der Waals surface area contributed by atoms with Gasteiger partial charge in [-0.15, -0.1) is 0 Å². The van der Waals surface area contributed by atoms with Crippen LogP contribution in [0.25, 0.3) is 11.0 Å². The van der Waals surface area contributed by atoms with E-state index < -0.39 is 10.0 Å². The highest BCUT2D eigenvalue weighted by Crippen LogP contribution is 2.31. The third-order valence-electron chi connectivity index (χ3n) is 5.32. The Labute approximate surface area is 220 Å². The summed E-state index contributed by atoms with van der Waals surface area (Å²) in [4.78, 5) is 22.8. The molecule has 198 valence electrons. The average Bonchev–Trinajstić information content (AvgIpc) is 2.88. The molecule has 3 N–H and O–H groups in total. The molecule has 0 radical (unpaired) electrons. The Hall–Kier alpha value is -4.42. The summed E-state index contributed by atoms with van der Waals surface area (Å²) in [5, 5.41) is 5.85. The highest BCUT2D eigenvalue weighted by molar-refractivity contribution is 7.92. The monoisotopic (exact) mass is 536 g/mol. The van der Waals surface area contributed by atoms with Crippen molar-refractivity contribution >= 4 is 50.0 Å². The maximum absolute atomic E-state index is 13.3. The molecule has 0 aliphatic rings. The van der Waals surface area contributed by atoms with Gasteiger partial charge in [0.25, 0.3) is 10.0 Å². The fourth-order valence-electron chi connectivity index (χ4n) is 3.57. The van der Waals surface area contributed by atoms with E-state index in [-0.39, 0.29) is 29.0 Å².